The van der Waals surface area contributed by atoms with Gasteiger partial charge < -0.3 is 19.3 Å². The molecule has 3 amide bonds. The number of carbonyl (C=O) groups is 4. The van der Waals surface area contributed by atoms with Gasteiger partial charge in [-0.15, -0.1) is 5.06 Å². The molecule has 1 aliphatic heterocycles. The van der Waals surface area contributed by atoms with Crippen molar-refractivity contribution in [2.45, 2.75) is 89.6 Å². The number of hydrogen-bond acceptors (Lipinski definition) is 7. The minimum absolute atomic E-state index is 0.0251. The van der Waals surface area contributed by atoms with Crippen LogP contribution >= 0.6 is 0 Å². The molecule has 0 bridgehead atoms. The van der Waals surface area contributed by atoms with Crippen LogP contribution < -0.4 is 5.32 Å². The molecular formula is C31H40N2O7Si. The van der Waals surface area contributed by atoms with E-state index in [0.717, 1.165) is 22.3 Å². The van der Waals surface area contributed by atoms with E-state index < -0.39 is 38.2 Å². The number of nitrogens with one attached hydrogen (secondary N) is 1. The first-order valence-electron chi connectivity index (χ1n) is 14.2. The smallest absolute Gasteiger partial charge is 0.407 e. The molecule has 41 heavy (non-hydrogen) atoms. The van der Waals surface area contributed by atoms with Gasteiger partial charge in [-0.1, -0.05) is 76.2 Å². The third-order valence-electron chi connectivity index (χ3n) is 8.33. The van der Waals surface area contributed by atoms with Gasteiger partial charge in [0, 0.05) is 31.3 Å². The van der Waals surface area contributed by atoms with Crippen LogP contribution in [-0.4, -0.2) is 56.0 Å². The Kier molecular flexibility index (Phi) is 9.03. The van der Waals surface area contributed by atoms with E-state index in [0.29, 0.717) is 11.5 Å². The molecule has 10 heteroatoms. The Balaban J connectivity index is 1.48. The zero-order chi connectivity index (χ0) is 29.9. The third-order valence-corrected chi connectivity index (χ3v) is 12.9. The van der Waals surface area contributed by atoms with Crippen LogP contribution in [0.1, 0.15) is 70.4 Å². The maximum Gasteiger partial charge on any atom is 0.407 e. The van der Waals surface area contributed by atoms with Crippen LogP contribution in [0.5, 0.6) is 0 Å². The summed E-state index contributed by atoms with van der Waals surface area (Å²) in [6, 6.07) is 14.8. The van der Waals surface area contributed by atoms with E-state index >= 15 is 0 Å². The lowest BCUT2D eigenvalue weighted by Crippen LogP contribution is -2.50. The number of imide groups is 1. The van der Waals surface area contributed by atoms with Crippen molar-refractivity contribution in [1.29, 1.82) is 0 Å². The second kappa shape index (κ2) is 12.2. The van der Waals surface area contributed by atoms with E-state index in [1.807, 2.05) is 43.3 Å². The minimum Gasteiger partial charge on any atom is -0.449 e. The summed E-state index contributed by atoms with van der Waals surface area (Å²) in [4.78, 5) is 55.7. The molecule has 0 aromatic heterocycles. The van der Waals surface area contributed by atoms with Gasteiger partial charge in [0.1, 0.15) is 12.6 Å². The van der Waals surface area contributed by atoms with Gasteiger partial charge in [0.15, 0.2) is 8.32 Å². The summed E-state index contributed by atoms with van der Waals surface area (Å²) in [7, 11) is -2.20. The first-order valence-corrected chi connectivity index (χ1v) is 17.1. The van der Waals surface area contributed by atoms with E-state index in [4.69, 9.17) is 14.0 Å². The van der Waals surface area contributed by atoms with Crippen molar-refractivity contribution in [2.75, 3.05) is 6.61 Å². The van der Waals surface area contributed by atoms with Gasteiger partial charge in [0.25, 0.3) is 11.8 Å². The lowest BCUT2D eigenvalue weighted by Gasteiger charge is -2.39. The predicted octanol–water partition coefficient (Wildman–Crippen LogP) is 5.69. The zero-order valence-corrected chi connectivity index (χ0v) is 25.7. The molecule has 0 unspecified atom stereocenters. The topological polar surface area (TPSA) is 111 Å². The number of ether oxygens (including phenoxy) is 1. The van der Waals surface area contributed by atoms with Crippen LogP contribution in [0.4, 0.5) is 4.79 Å². The number of nitrogens with zero attached hydrogens (tertiary/aromatic N) is 1. The van der Waals surface area contributed by atoms with E-state index in [1.54, 1.807) is 0 Å². The van der Waals surface area contributed by atoms with Crippen LogP contribution in [0.2, 0.25) is 18.1 Å². The molecule has 1 N–H and O–H groups in total. The number of rotatable bonds is 10. The molecular weight excluding hydrogens is 540 g/mol. The summed E-state index contributed by atoms with van der Waals surface area (Å²) >= 11 is 0. The molecule has 0 spiro atoms. The monoisotopic (exact) mass is 580 g/mol. The molecule has 2 aromatic rings. The maximum atomic E-state index is 13.2. The lowest BCUT2D eigenvalue weighted by atomic mass is 9.98. The van der Waals surface area contributed by atoms with Gasteiger partial charge in [0.05, 0.1) is 0 Å². The quantitative estimate of drug-likeness (QED) is 0.284. The first kappa shape index (κ1) is 30.5. The highest BCUT2D eigenvalue weighted by Crippen LogP contribution is 2.44. The Bertz CT molecular complexity index is 1260. The van der Waals surface area contributed by atoms with Crippen molar-refractivity contribution in [1.82, 2.24) is 10.4 Å². The third kappa shape index (κ3) is 6.70. The van der Waals surface area contributed by atoms with Crippen LogP contribution in [0, 0.1) is 0 Å². The summed E-state index contributed by atoms with van der Waals surface area (Å²) in [6.07, 6.45) is -0.528. The largest absolute Gasteiger partial charge is 0.449 e. The van der Waals surface area contributed by atoms with Crippen LogP contribution in [0.3, 0.4) is 0 Å². The summed E-state index contributed by atoms with van der Waals surface area (Å²) < 4.78 is 12.2. The summed E-state index contributed by atoms with van der Waals surface area (Å²) in [5.41, 5.74) is 4.34. The van der Waals surface area contributed by atoms with Crippen LogP contribution in [0.25, 0.3) is 11.1 Å². The highest BCUT2D eigenvalue weighted by Gasteiger charge is 2.41. The maximum absolute atomic E-state index is 13.2. The number of benzene rings is 2. The molecule has 1 aliphatic carbocycles. The number of hydrogen-bond donors (Lipinski definition) is 1. The molecule has 4 rings (SSSR count). The SMILES string of the molecule is CC[C@@H](C[C@H](NC(=O)OCC1c2ccccc2-c2ccccc21)C(=O)ON1C(=O)CCC1=O)O[Si](C)(C)C(C)(C)C. The fraction of sp³-hybridized carbons (Fsp3) is 0.484. The van der Waals surface area contributed by atoms with Gasteiger partial charge in [-0.25, -0.2) is 9.59 Å². The second-order valence-corrected chi connectivity index (χ2v) is 16.9. The van der Waals surface area contributed by atoms with E-state index in [2.05, 4.69) is 51.3 Å². The molecule has 2 aliphatic rings. The van der Waals surface area contributed by atoms with E-state index in [9.17, 15) is 19.2 Å². The average Bonchev–Trinajstić information content (AvgIpc) is 3.41. The molecule has 220 valence electrons. The molecule has 2 atom stereocenters. The van der Waals surface area contributed by atoms with Crippen LogP contribution in [0.15, 0.2) is 48.5 Å². The van der Waals surface area contributed by atoms with Crippen molar-refractivity contribution in [3.05, 3.63) is 59.7 Å². The summed E-state index contributed by atoms with van der Waals surface area (Å²) in [5, 5.41) is 3.06. The van der Waals surface area contributed by atoms with Crippen LogP contribution in [-0.2, 0) is 28.4 Å². The predicted molar refractivity (Wildman–Crippen MR) is 156 cm³/mol. The fourth-order valence-electron chi connectivity index (χ4n) is 4.96. The molecule has 1 saturated heterocycles. The van der Waals surface area contributed by atoms with E-state index in [1.165, 1.54) is 0 Å². The Labute approximate surface area is 242 Å². The number of fused-ring (bicyclic) bond motifs is 3. The number of alkyl carbamates (subject to hydrolysis) is 1. The number of amides is 3. The number of hydroxylamine groups is 2. The standard InChI is InChI=1S/C31H40N2O7Si/c1-7-20(40-41(5,6)31(2,3)4)18-26(29(36)39-33-27(34)16-17-28(33)35)32-30(37)38-19-25-23-14-10-8-12-21(23)22-13-9-11-15-24(22)25/h8-15,20,25-26H,7,16-19H2,1-6H3,(H,32,37)/t20-,26-/m0/s1. The lowest BCUT2D eigenvalue weighted by molar-refractivity contribution is -0.199. The van der Waals surface area contributed by atoms with Crippen molar-refractivity contribution in [3.8, 4) is 11.1 Å². The Hall–Kier alpha value is -3.50. The van der Waals surface area contributed by atoms with Crippen molar-refractivity contribution in [3.63, 3.8) is 0 Å². The normalized spacial score (nSPS) is 16.7. The molecule has 2 aromatic carbocycles. The molecule has 0 radical (unpaired) electrons. The van der Waals surface area contributed by atoms with E-state index in [-0.39, 0.29) is 42.9 Å². The van der Waals surface area contributed by atoms with Crippen molar-refractivity contribution in [2.24, 2.45) is 0 Å². The summed E-state index contributed by atoms with van der Waals surface area (Å²) in [6.45, 7) is 12.6. The summed E-state index contributed by atoms with van der Waals surface area (Å²) in [5.74, 6) is -2.25. The number of carbonyl (C=O) groups excluding carboxylic acids is 4. The van der Waals surface area contributed by atoms with Crippen molar-refractivity contribution < 1.29 is 33.2 Å². The first-order chi connectivity index (χ1) is 19.3. The molecule has 1 heterocycles. The second-order valence-electron chi connectivity index (χ2n) is 12.2. The van der Waals surface area contributed by atoms with Crippen molar-refractivity contribution >= 4 is 32.2 Å². The van der Waals surface area contributed by atoms with Gasteiger partial charge in [-0.05, 0) is 46.8 Å². The van der Waals surface area contributed by atoms with Gasteiger partial charge in [0.2, 0.25) is 0 Å². The molecule has 9 nitrogen and oxygen atoms in total. The average molecular weight is 581 g/mol. The van der Waals surface area contributed by atoms with Gasteiger partial charge in [-0.3, -0.25) is 9.59 Å². The van der Waals surface area contributed by atoms with Gasteiger partial charge in [-0.2, -0.15) is 0 Å². The highest BCUT2D eigenvalue weighted by molar-refractivity contribution is 6.74. The minimum atomic E-state index is -2.20. The molecule has 0 saturated carbocycles. The molecule has 1 fully saturated rings. The highest BCUT2D eigenvalue weighted by atomic mass is 28.4. The zero-order valence-electron chi connectivity index (χ0n) is 24.7. The Morgan fingerprint density at radius 2 is 1.51 bits per heavy atom. The van der Waals surface area contributed by atoms with Gasteiger partial charge >= 0.3 is 12.1 Å². The fourth-order valence-corrected chi connectivity index (χ4v) is 6.41. The Morgan fingerprint density at radius 3 is 2.02 bits per heavy atom. The Morgan fingerprint density at radius 1 is 0.976 bits per heavy atom.